The summed E-state index contributed by atoms with van der Waals surface area (Å²) in [5.41, 5.74) is 1.91. The maximum absolute atomic E-state index is 12.4. The molecule has 0 unspecified atom stereocenters. The molecule has 0 amide bonds. The van der Waals surface area contributed by atoms with Crippen LogP contribution in [-0.4, -0.2) is 10.7 Å². The second-order valence-electron chi connectivity index (χ2n) is 4.88. The van der Waals surface area contributed by atoms with Crippen molar-refractivity contribution in [3.8, 4) is 5.88 Å². The second kappa shape index (κ2) is 4.16. The molecule has 1 aromatic heterocycles. The van der Waals surface area contributed by atoms with Crippen LogP contribution >= 0.6 is 0 Å². The van der Waals surface area contributed by atoms with E-state index in [1.807, 2.05) is 35.9 Å². The monoisotopic (exact) mass is 243 g/mol. The number of pyridine rings is 1. The minimum Gasteiger partial charge on any atom is -0.475 e. The summed E-state index contributed by atoms with van der Waals surface area (Å²) in [6, 6.07) is 7.72. The standard InChI is InChI=1S/C15H17NO2/c1-3-10-8-9-12-14(17)11-6-4-5-7-13(11)16(2)15(12)18-10/h4-7,10H,3,8-9H2,1-2H3/t10-/m0/s1. The summed E-state index contributed by atoms with van der Waals surface area (Å²) in [7, 11) is 1.97. The highest BCUT2D eigenvalue weighted by molar-refractivity contribution is 5.80. The molecule has 0 fully saturated rings. The summed E-state index contributed by atoms with van der Waals surface area (Å²) in [5.74, 6) is 0.761. The Hall–Kier alpha value is -1.77. The number of aromatic nitrogens is 1. The minimum absolute atomic E-state index is 0.133. The number of ether oxygens (including phenoxy) is 1. The Morgan fingerprint density at radius 2 is 2.17 bits per heavy atom. The van der Waals surface area contributed by atoms with Gasteiger partial charge in [0.15, 0.2) is 5.43 Å². The average molecular weight is 243 g/mol. The fourth-order valence-corrected chi connectivity index (χ4v) is 2.71. The van der Waals surface area contributed by atoms with E-state index in [4.69, 9.17) is 4.74 Å². The van der Waals surface area contributed by atoms with Crippen LogP contribution in [0.5, 0.6) is 5.88 Å². The van der Waals surface area contributed by atoms with Gasteiger partial charge in [-0.15, -0.1) is 0 Å². The Kier molecular flexibility index (Phi) is 2.62. The summed E-state index contributed by atoms with van der Waals surface area (Å²) in [6.45, 7) is 2.12. The minimum atomic E-state index is 0.133. The molecule has 0 saturated carbocycles. The van der Waals surface area contributed by atoms with Gasteiger partial charge in [-0.2, -0.15) is 0 Å². The molecule has 1 aliphatic heterocycles. The van der Waals surface area contributed by atoms with Gasteiger partial charge in [-0.05, 0) is 31.4 Å². The van der Waals surface area contributed by atoms with Crippen molar-refractivity contribution in [2.24, 2.45) is 7.05 Å². The SMILES string of the molecule is CC[C@H]1CCc2c(n(C)c3ccccc3c2=O)O1. The quantitative estimate of drug-likeness (QED) is 0.771. The van der Waals surface area contributed by atoms with Gasteiger partial charge in [-0.3, -0.25) is 4.79 Å². The predicted octanol–water partition coefficient (Wildman–Crippen LogP) is 2.64. The molecule has 18 heavy (non-hydrogen) atoms. The summed E-state index contributed by atoms with van der Waals surface area (Å²) >= 11 is 0. The van der Waals surface area contributed by atoms with Crippen LogP contribution in [0.1, 0.15) is 25.3 Å². The van der Waals surface area contributed by atoms with Gasteiger partial charge in [0.2, 0.25) is 5.88 Å². The van der Waals surface area contributed by atoms with Crippen LogP contribution in [0.25, 0.3) is 10.9 Å². The van der Waals surface area contributed by atoms with Crippen LogP contribution in [0, 0.1) is 0 Å². The first kappa shape index (κ1) is 11.3. The summed E-state index contributed by atoms with van der Waals surface area (Å²) in [4.78, 5) is 12.4. The van der Waals surface area contributed by atoms with E-state index in [0.29, 0.717) is 0 Å². The van der Waals surface area contributed by atoms with E-state index in [-0.39, 0.29) is 11.5 Å². The van der Waals surface area contributed by atoms with Gasteiger partial charge in [0.05, 0.1) is 11.1 Å². The summed E-state index contributed by atoms with van der Waals surface area (Å²) in [6.07, 6.45) is 2.99. The van der Waals surface area contributed by atoms with Gasteiger partial charge < -0.3 is 9.30 Å². The van der Waals surface area contributed by atoms with Crippen LogP contribution < -0.4 is 10.2 Å². The smallest absolute Gasteiger partial charge is 0.201 e. The molecule has 0 N–H and O–H groups in total. The molecule has 1 atom stereocenters. The molecule has 1 aromatic carbocycles. The lowest BCUT2D eigenvalue weighted by Gasteiger charge is -2.27. The van der Waals surface area contributed by atoms with Gasteiger partial charge in [0, 0.05) is 12.4 Å². The van der Waals surface area contributed by atoms with Crippen molar-refractivity contribution < 1.29 is 4.74 Å². The van der Waals surface area contributed by atoms with Crippen molar-refractivity contribution in [1.29, 1.82) is 0 Å². The van der Waals surface area contributed by atoms with E-state index in [0.717, 1.165) is 41.6 Å². The molecular weight excluding hydrogens is 226 g/mol. The van der Waals surface area contributed by atoms with E-state index in [1.54, 1.807) is 0 Å². The first-order chi connectivity index (χ1) is 8.72. The maximum atomic E-state index is 12.4. The van der Waals surface area contributed by atoms with Crippen LogP contribution in [0.3, 0.4) is 0 Å². The highest BCUT2D eigenvalue weighted by Crippen LogP contribution is 2.28. The van der Waals surface area contributed by atoms with Crippen LogP contribution in [0.4, 0.5) is 0 Å². The van der Waals surface area contributed by atoms with E-state index < -0.39 is 0 Å². The number of hydrogen-bond donors (Lipinski definition) is 0. The molecule has 3 nitrogen and oxygen atoms in total. The average Bonchev–Trinajstić information content (AvgIpc) is 2.44. The van der Waals surface area contributed by atoms with Crippen molar-refractivity contribution in [3.63, 3.8) is 0 Å². The molecule has 3 rings (SSSR count). The molecular formula is C15H17NO2. The zero-order chi connectivity index (χ0) is 12.7. The van der Waals surface area contributed by atoms with E-state index >= 15 is 0 Å². The van der Waals surface area contributed by atoms with Gasteiger partial charge in [0.1, 0.15) is 6.10 Å². The topological polar surface area (TPSA) is 31.2 Å². The Morgan fingerprint density at radius 1 is 1.39 bits per heavy atom. The van der Waals surface area contributed by atoms with E-state index in [2.05, 4.69) is 6.92 Å². The van der Waals surface area contributed by atoms with E-state index in [9.17, 15) is 4.79 Å². The Labute approximate surface area is 106 Å². The fourth-order valence-electron chi connectivity index (χ4n) is 2.71. The first-order valence-electron chi connectivity index (χ1n) is 6.49. The molecule has 0 saturated heterocycles. The number of rotatable bonds is 1. The molecule has 0 radical (unpaired) electrons. The molecule has 94 valence electrons. The predicted molar refractivity (Wildman–Crippen MR) is 72.2 cm³/mol. The Bertz CT molecular complexity index is 657. The number of fused-ring (bicyclic) bond motifs is 2. The highest BCUT2D eigenvalue weighted by atomic mass is 16.5. The lowest BCUT2D eigenvalue weighted by atomic mass is 10.0. The summed E-state index contributed by atoms with van der Waals surface area (Å²) < 4.78 is 7.97. The van der Waals surface area contributed by atoms with Crippen LogP contribution in [0.2, 0.25) is 0 Å². The molecule has 3 heteroatoms. The number of para-hydroxylation sites is 1. The number of nitrogens with zero attached hydrogens (tertiary/aromatic N) is 1. The van der Waals surface area contributed by atoms with Crippen molar-refractivity contribution in [2.45, 2.75) is 32.3 Å². The second-order valence-corrected chi connectivity index (χ2v) is 4.88. The number of hydrogen-bond acceptors (Lipinski definition) is 2. The van der Waals surface area contributed by atoms with Gasteiger partial charge >= 0.3 is 0 Å². The zero-order valence-electron chi connectivity index (χ0n) is 10.8. The third-order valence-corrected chi connectivity index (χ3v) is 3.80. The molecule has 1 aliphatic rings. The largest absolute Gasteiger partial charge is 0.475 e. The van der Waals surface area contributed by atoms with Gasteiger partial charge in [-0.25, -0.2) is 0 Å². The van der Waals surface area contributed by atoms with Crippen molar-refractivity contribution in [3.05, 3.63) is 40.1 Å². The van der Waals surface area contributed by atoms with Crippen molar-refractivity contribution >= 4 is 10.9 Å². The lowest BCUT2D eigenvalue weighted by Crippen LogP contribution is -2.29. The van der Waals surface area contributed by atoms with Gasteiger partial charge in [0.25, 0.3) is 0 Å². The normalized spacial score (nSPS) is 18.4. The fraction of sp³-hybridized carbons (Fsp3) is 0.400. The van der Waals surface area contributed by atoms with Crippen LogP contribution in [0.15, 0.2) is 29.1 Å². The maximum Gasteiger partial charge on any atom is 0.201 e. The molecule has 0 bridgehead atoms. The lowest BCUT2D eigenvalue weighted by molar-refractivity contribution is 0.155. The molecule has 2 heterocycles. The zero-order valence-corrected chi connectivity index (χ0v) is 10.8. The molecule has 0 spiro atoms. The van der Waals surface area contributed by atoms with Gasteiger partial charge in [-0.1, -0.05) is 19.1 Å². The first-order valence-corrected chi connectivity index (χ1v) is 6.49. The summed E-state index contributed by atoms with van der Waals surface area (Å²) in [5, 5.41) is 0.789. The molecule has 0 aliphatic carbocycles. The third-order valence-electron chi connectivity index (χ3n) is 3.80. The number of benzene rings is 1. The molecule has 2 aromatic rings. The Morgan fingerprint density at radius 3 is 2.94 bits per heavy atom. The highest BCUT2D eigenvalue weighted by Gasteiger charge is 2.24. The van der Waals surface area contributed by atoms with Crippen molar-refractivity contribution in [2.75, 3.05) is 0 Å². The third kappa shape index (κ3) is 1.54. The van der Waals surface area contributed by atoms with E-state index in [1.165, 1.54) is 0 Å². The Balaban J connectivity index is 2.31. The van der Waals surface area contributed by atoms with Crippen molar-refractivity contribution in [1.82, 2.24) is 4.57 Å². The van der Waals surface area contributed by atoms with Crippen LogP contribution in [-0.2, 0) is 13.5 Å². The number of aryl methyl sites for hydroxylation is 1.